The molecule has 1 saturated heterocycles. The average molecular weight is 366 g/mol. The molecule has 1 atom stereocenters. The predicted octanol–water partition coefficient (Wildman–Crippen LogP) is 1.60. The Kier molecular flexibility index (Phi) is 8.21. The van der Waals surface area contributed by atoms with Crippen molar-refractivity contribution < 1.29 is 4.79 Å². The van der Waals surface area contributed by atoms with Crippen LogP contribution in [0.4, 0.5) is 0 Å². The number of likely N-dealkylation sites (N-methyl/N-ethyl adjacent to an activating group) is 1. The number of guanidine groups is 1. The van der Waals surface area contributed by atoms with Gasteiger partial charge in [-0.05, 0) is 43.7 Å². The van der Waals surface area contributed by atoms with Gasteiger partial charge in [0.1, 0.15) is 6.54 Å². The van der Waals surface area contributed by atoms with E-state index in [1.165, 1.54) is 24.3 Å². The van der Waals surface area contributed by atoms with E-state index in [0.29, 0.717) is 5.92 Å². The van der Waals surface area contributed by atoms with E-state index in [1.807, 2.05) is 18.3 Å². The van der Waals surface area contributed by atoms with E-state index in [4.69, 9.17) is 0 Å². The minimum Gasteiger partial charge on any atom is -0.357 e. The monoisotopic (exact) mass is 365 g/mol. The number of likely N-dealkylation sites (tertiary alicyclic amines) is 1. The summed E-state index contributed by atoms with van der Waals surface area (Å²) >= 11 is 1.83. The first kappa shape index (κ1) is 19.7. The van der Waals surface area contributed by atoms with Crippen LogP contribution in [0.25, 0.3) is 0 Å². The van der Waals surface area contributed by atoms with Crippen LogP contribution in [0.2, 0.25) is 0 Å². The smallest absolute Gasteiger partial charge is 0.243 e. The van der Waals surface area contributed by atoms with Crippen LogP contribution in [0.1, 0.15) is 24.6 Å². The van der Waals surface area contributed by atoms with Gasteiger partial charge in [-0.25, -0.2) is 4.99 Å². The molecule has 0 saturated carbocycles. The second-order valence-corrected chi connectivity index (χ2v) is 7.72. The fourth-order valence-electron chi connectivity index (χ4n) is 2.96. The third-order valence-electron chi connectivity index (χ3n) is 4.34. The molecule has 1 aliphatic heterocycles. The zero-order valence-electron chi connectivity index (χ0n) is 15.6. The molecular weight excluding hydrogens is 334 g/mol. The van der Waals surface area contributed by atoms with Crippen molar-refractivity contribution in [1.29, 1.82) is 0 Å². The third kappa shape index (κ3) is 7.04. The number of nitrogens with one attached hydrogen (secondary N) is 2. The van der Waals surface area contributed by atoms with Gasteiger partial charge in [0.25, 0.3) is 0 Å². The number of thiophene rings is 1. The zero-order chi connectivity index (χ0) is 18.1. The van der Waals surface area contributed by atoms with Crippen molar-refractivity contribution in [3.05, 3.63) is 22.4 Å². The van der Waals surface area contributed by atoms with E-state index >= 15 is 0 Å². The maximum absolute atomic E-state index is 11.7. The molecule has 0 bridgehead atoms. The van der Waals surface area contributed by atoms with Crippen LogP contribution < -0.4 is 10.6 Å². The molecule has 0 spiro atoms. The number of piperidine rings is 1. The van der Waals surface area contributed by atoms with Crippen molar-refractivity contribution in [2.24, 2.45) is 10.9 Å². The van der Waals surface area contributed by atoms with Crippen LogP contribution >= 0.6 is 11.3 Å². The molecule has 0 radical (unpaired) electrons. The van der Waals surface area contributed by atoms with Crippen LogP contribution in [-0.2, 0) is 11.3 Å². The Morgan fingerprint density at radius 1 is 1.44 bits per heavy atom. The Morgan fingerprint density at radius 3 is 2.96 bits per heavy atom. The molecule has 140 valence electrons. The number of carbonyl (C=O) groups excluding carboxylic acids is 1. The second kappa shape index (κ2) is 10.4. The summed E-state index contributed by atoms with van der Waals surface area (Å²) in [6, 6.07) is 4.33. The summed E-state index contributed by atoms with van der Waals surface area (Å²) < 4.78 is 0. The average Bonchev–Trinajstić information content (AvgIpc) is 3.10. The highest BCUT2D eigenvalue weighted by Gasteiger charge is 2.20. The van der Waals surface area contributed by atoms with E-state index in [2.05, 4.69) is 38.0 Å². The molecule has 2 N–H and O–H groups in total. The highest BCUT2D eigenvalue weighted by atomic mass is 32.1. The molecule has 2 rings (SSSR count). The standard InChI is InChI=1S/C18H31N5OS/c1-4-19-18(21-12-17(24)22(2)3)20-11-15-7-5-9-23(13-15)14-16-8-6-10-25-16/h6,8,10,15H,4-5,7,9,11-14H2,1-3H3,(H2,19,20,21). The molecule has 1 amide bonds. The molecule has 1 aromatic heterocycles. The van der Waals surface area contributed by atoms with E-state index in [9.17, 15) is 4.79 Å². The van der Waals surface area contributed by atoms with Crippen molar-refractivity contribution in [3.8, 4) is 0 Å². The van der Waals surface area contributed by atoms with Gasteiger partial charge in [0.05, 0.1) is 0 Å². The topological polar surface area (TPSA) is 60.0 Å². The normalized spacial score (nSPS) is 18.8. The zero-order valence-corrected chi connectivity index (χ0v) is 16.4. The summed E-state index contributed by atoms with van der Waals surface area (Å²) in [5.41, 5.74) is 0. The largest absolute Gasteiger partial charge is 0.357 e. The molecule has 0 aliphatic carbocycles. The number of nitrogens with zero attached hydrogens (tertiary/aromatic N) is 3. The summed E-state index contributed by atoms with van der Waals surface area (Å²) in [6.45, 7) is 7.24. The number of amides is 1. The maximum Gasteiger partial charge on any atom is 0.243 e. The van der Waals surface area contributed by atoms with Crippen molar-refractivity contribution in [1.82, 2.24) is 20.4 Å². The van der Waals surface area contributed by atoms with Crippen LogP contribution in [0.5, 0.6) is 0 Å². The van der Waals surface area contributed by atoms with E-state index in [0.717, 1.165) is 32.1 Å². The van der Waals surface area contributed by atoms with Crippen LogP contribution in [0.3, 0.4) is 0 Å². The first-order chi connectivity index (χ1) is 12.1. The van der Waals surface area contributed by atoms with E-state index in [1.54, 1.807) is 19.0 Å². The Hall–Kier alpha value is -1.60. The Bertz CT molecular complexity index is 544. The SMILES string of the molecule is CCNC(=NCC(=O)N(C)C)NCC1CCCN(Cc2cccs2)C1. The highest BCUT2D eigenvalue weighted by Crippen LogP contribution is 2.19. The summed E-state index contributed by atoms with van der Waals surface area (Å²) in [6.07, 6.45) is 2.48. The second-order valence-electron chi connectivity index (χ2n) is 6.69. The molecule has 1 aliphatic rings. The van der Waals surface area contributed by atoms with Crippen molar-refractivity contribution in [2.45, 2.75) is 26.3 Å². The molecule has 1 fully saturated rings. The Labute approximate surface area is 155 Å². The minimum absolute atomic E-state index is 0.0111. The first-order valence-electron chi connectivity index (χ1n) is 9.05. The number of hydrogen-bond acceptors (Lipinski definition) is 4. The van der Waals surface area contributed by atoms with Crippen molar-refractivity contribution in [3.63, 3.8) is 0 Å². The van der Waals surface area contributed by atoms with Crippen molar-refractivity contribution >= 4 is 23.2 Å². The fraction of sp³-hybridized carbons (Fsp3) is 0.667. The Morgan fingerprint density at radius 2 is 2.28 bits per heavy atom. The lowest BCUT2D eigenvalue weighted by atomic mass is 9.98. The van der Waals surface area contributed by atoms with Crippen molar-refractivity contribution in [2.75, 3.05) is 46.8 Å². The highest BCUT2D eigenvalue weighted by molar-refractivity contribution is 7.09. The van der Waals surface area contributed by atoms with Gasteiger partial charge in [-0.2, -0.15) is 0 Å². The predicted molar refractivity (Wildman–Crippen MR) is 105 cm³/mol. The van der Waals surface area contributed by atoms with Gasteiger partial charge in [-0.3, -0.25) is 9.69 Å². The maximum atomic E-state index is 11.7. The van der Waals surface area contributed by atoms with Gasteiger partial charge in [-0.15, -0.1) is 11.3 Å². The molecule has 1 aromatic rings. The molecule has 6 nitrogen and oxygen atoms in total. The Balaban J connectivity index is 1.80. The summed E-state index contributed by atoms with van der Waals surface area (Å²) in [7, 11) is 3.50. The molecule has 7 heteroatoms. The number of hydrogen-bond donors (Lipinski definition) is 2. The van der Waals surface area contributed by atoms with Gasteiger partial charge in [0.2, 0.25) is 5.91 Å². The van der Waals surface area contributed by atoms with Crippen LogP contribution in [0, 0.1) is 5.92 Å². The van der Waals surface area contributed by atoms with Gasteiger partial charge in [0, 0.05) is 45.2 Å². The number of carbonyl (C=O) groups is 1. The fourth-order valence-corrected chi connectivity index (χ4v) is 3.70. The van der Waals surface area contributed by atoms with E-state index < -0.39 is 0 Å². The molecule has 0 aromatic carbocycles. The molecule has 2 heterocycles. The number of aliphatic imine (C=N–C) groups is 1. The van der Waals surface area contributed by atoms with Crippen LogP contribution in [-0.4, -0.2) is 68.5 Å². The van der Waals surface area contributed by atoms with E-state index in [-0.39, 0.29) is 12.5 Å². The van der Waals surface area contributed by atoms with Gasteiger partial charge in [-0.1, -0.05) is 6.07 Å². The summed E-state index contributed by atoms with van der Waals surface area (Å²) in [5, 5.41) is 8.77. The minimum atomic E-state index is 0.0111. The summed E-state index contributed by atoms with van der Waals surface area (Å²) in [5.74, 6) is 1.35. The quantitative estimate of drug-likeness (QED) is 0.569. The van der Waals surface area contributed by atoms with Crippen LogP contribution in [0.15, 0.2) is 22.5 Å². The third-order valence-corrected chi connectivity index (χ3v) is 5.20. The first-order valence-corrected chi connectivity index (χ1v) is 9.93. The van der Waals surface area contributed by atoms with Gasteiger partial charge >= 0.3 is 0 Å². The molecular formula is C18H31N5OS. The summed E-state index contributed by atoms with van der Waals surface area (Å²) in [4.78, 5) is 21.6. The van der Waals surface area contributed by atoms with Gasteiger partial charge in [0.15, 0.2) is 5.96 Å². The lowest BCUT2D eigenvalue weighted by molar-refractivity contribution is -0.127. The lowest BCUT2D eigenvalue weighted by Gasteiger charge is -2.32. The molecule has 1 unspecified atom stereocenters. The molecule has 25 heavy (non-hydrogen) atoms. The van der Waals surface area contributed by atoms with Gasteiger partial charge < -0.3 is 15.5 Å². The number of rotatable bonds is 7. The lowest BCUT2D eigenvalue weighted by Crippen LogP contribution is -2.44.